The van der Waals surface area contributed by atoms with Gasteiger partial charge < -0.3 is 0 Å². The van der Waals surface area contributed by atoms with Crippen LogP contribution in [0, 0.1) is 20.6 Å². The Hall–Kier alpha value is -0.610. The van der Waals surface area contributed by atoms with Crippen molar-refractivity contribution in [1.82, 2.24) is 0 Å². The van der Waals surface area contributed by atoms with E-state index < -0.39 is 15.7 Å². The van der Waals surface area contributed by atoms with Crippen molar-refractivity contribution in [3.05, 3.63) is 33.1 Å². The molecule has 0 unspecified atom stereocenters. The van der Waals surface area contributed by atoms with Crippen molar-refractivity contribution < 1.29 is 12.8 Å². The lowest BCUT2D eigenvalue weighted by Gasteiger charge is -1.93. The summed E-state index contributed by atoms with van der Waals surface area (Å²) in [5.41, 5.74) is 0.0934. The van der Waals surface area contributed by atoms with Crippen LogP contribution in [0.5, 0.6) is 0 Å². The molecule has 0 aliphatic carbocycles. The first-order valence-electron chi connectivity index (χ1n) is 3.56. The molecule has 0 saturated heterocycles. The average Bonchev–Trinajstić information content (AvgIpc) is 2.00. The van der Waals surface area contributed by atoms with Gasteiger partial charge in [-0.25, -0.2) is 12.8 Å². The molecule has 0 heterocycles. The minimum absolute atomic E-state index is 0.0934. The molecule has 0 atom stereocenters. The second kappa shape index (κ2) is 4.28. The van der Waals surface area contributed by atoms with Crippen LogP contribution in [-0.2, 0) is 9.84 Å². The highest BCUT2D eigenvalue weighted by atomic mass is 127. The fourth-order valence-corrected chi connectivity index (χ4v) is 1.49. The molecule has 0 N–H and O–H groups in total. The van der Waals surface area contributed by atoms with Crippen LogP contribution in [-0.4, -0.2) is 14.7 Å². The van der Waals surface area contributed by atoms with Crippen LogP contribution >= 0.6 is 22.6 Å². The molecule has 0 bridgehead atoms. The van der Waals surface area contributed by atoms with E-state index in [0.717, 1.165) is 9.83 Å². The molecule has 1 aromatic rings. The van der Waals surface area contributed by atoms with Crippen LogP contribution < -0.4 is 0 Å². The molecule has 1 aromatic carbocycles. The summed E-state index contributed by atoms with van der Waals surface area (Å²) in [6, 6.07) is 4.41. The van der Waals surface area contributed by atoms with Gasteiger partial charge in [-0.15, -0.1) is 0 Å². The van der Waals surface area contributed by atoms with Crippen LogP contribution in [0.3, 0.4) is 0 Å². The van der Waals surface area contributed by atoms with E-state index in [9.17, 15) is 12.8 Å². The molecule has 0 aliphatic heterocycles. The second-order valence-electron chi connectivity index (χ2n) is 2.62. The molecular formula is C9H6FIO2S. The van der Waals surface area contributed by atoms with Gasteiger partial charge in [0, 0.05) is 8.82 Å². The average molecular weight is 324 g/mol. The van der Waals surface area contributed by atoms with Crippen LogP contribution in [0.15, 0.2) is 18.2 Å². The third kappa shape index (κ3) is 3.64. The van der Waals surface area contributed by atoms with Crippen molar-refractivity contribution in [1.29, 1.82) is 0 Å². The van der Waals surface area contributed by atoms with Gasteiger partial charge in [0.15, 0.2) is 0 Å². The van der Waals surface area contributed by atoms with E-state index in [0.29, 0.717) is 0 Å². The Morgan fingerprint density at radius 2 is 2.07 bits per heavy atom. The van der Waals surface area contributed by atoms with Gasteiger partial charge >= 0.3 is 0 Å². The molecular weight excluding hydrogens is 318 g/mol. The quantitative estimate of drug-likeness (QED) is 0.539. The minimum atomic E-state index is -3.38. The lowest BCUT2D eigenvalue weighted by molar-refractivity contribution is 0.611. The standard InChI is InChI=1S/C9H6FIO2S/c1-14(12,13)5-4-7-2-3-8(11)6-9(7)10/h2-3,6H,1H3. The highest BCUT2D eigenvalue weighted by molar-refractivity contribution is 14.1. The summed E-state index contributed by atoms with van der Waals surface area (Å²) in [7, 11) is -3.38. The van der Waals surface area contributed by atoms with Gasteiger partial charge in [0.2, 0.25) is 9.84 Å². The predicted octanol–water partition coefficient (Wildman–Crippen LogP) is 1.78. The molecule has 0 aliphatic rings. The van der Waals surface area contributed by atoms with Gasteiger partial charge in [-0.1, -0.05) is 0 Å². The fourth-order valence-electron chi connectivity index (χ4n) is 0.739. The summed E-state index contributed by atoms with van der Waals surface area (Å²) in [5.74, 6) is 1.76. The number of hydrogen-bond donors (Lipinski definition) is 0. The monoisotopic (exact) mass is 324 g/mol. The molecule has 74 valence electrons. The maximum Gasteiger partial charge on any atom is 0.214 e. The molecule has 0 fully saturated rings. The van der Waals surface area contributed by atoms with Crippen molar-refractivity contribution in [2.75, 3.05) is 6.26 Å². The van der Waals surface area contributed by atoms with E-state index >= 15 is 0 Å². The largest absolute Gasteiger partial charge is 0.216 e. The smallest absolute Gasteiger partial charge is 0.214 e. The Morgan fingerprint density at radius 1 is 1.43 bits per heavy atom. The minimum Gasteiger partial charge on any atom is -0.216 e. The van der Waals surface area contributed by atoms with E-state index in [-0.39, 0.29) is 5.56 Å². The highest BCUT2D eigenvalue weighted by Crippen LogP contribution is 2.11. The zero-order valence-corrected chi connectivity index (χ0v) is 10.2. The molecule has 0 amide bonds. The lowest BCUT2D eigenvalue weighted by Crippen LogP contribution is -1.90. The van der Waals surface area contributed by atoms with Crippen LogP contribution in [0.4, 0.5) is 4.39 Å². The van der Waals surface area contributed by atoms with Gasteiger partial charge in [0.1, 0.15) is 5.82 Å². The first kappa shape index (κ1) is 11.5. The zero-order valence-electron chi connectivity index (χ0n) is 7.21. The maximum atomic E-state index is 13.1. The topological polar surface area (TPSA) is 34.1 Å². The Morgan fingerprint density at radius 3 is 2.57 bits per heavy atom. The molecule has 0 spiro atoms. The predicted molar refractivity (Wildman–Crippen MR) is 60.8 cm³/mol. The van der Waals surface area contributed by atoms with E-state index in [2.05, 4.69) is 5.92 Å². The zero-order chi connectivity index (χ0) is 10.8. The van der Waals surface area contributed by atoms with E-state index in [1.807, 2.05) is 27.8 Å². The van der Waals surface area contributed by atoms with Gasteiger partial charge in [-0.2, -0.15) is 0 Å². The summed E-state index contributed by atoms with van der Waals surface area (Å²) in [5, 5.41) is 1.98. The van der Waals surface area contributed by atoms with E-state index in [1.165, 1.54) is 12.1 Å². The van der Waals surface area contributed by atoms with Crippen molar-refractivity contribution >= 4 is 32.4 Å². The van der Waals surface area contributed by atoms with Crippen molar-refractivity contribution in [2.24, 2.45) is 0 Å². The van der Waals surface area contributed by atoms with E-state index in [4.69, 9.17) is 0 Å². The Labute approximate surface area is 95.6 Å². The Bertz CT molecular complexity index is 511. The summed E-state index contributed by atoms with van der Waals surface area (Å²) in [6.07, 6.45) is 0.977. The molecule has 2 nitrogen and oxygen atoms in total. The first-order valence-corrected chi connectivity index (χ1v) is 6.53. The van der Waals surface area contributed by atoms with Crippen molar-refractivity contribution in [3.63, 3.8) is 0 Å². The maximum absolute atomic E-state index is 13.1. The normalized spacial score (nSPS) is 10.5. The van der Waals surface area contributed by atoms with Gasteiger partial charge in [-0.3, -0.25) is 0 Å². The van der Waals surface area contributed by atoms with Crippen molar-refractivity contribution in [2.45, 2.75) is 0 Å². The number of sulfone groups is 1. The third-order valence-corrected chi connectivity index (χ3v) is 2.45. The Kier molecular flexibility index (Phi) is 3.50. The summed E-state index contributed by atoms with van der Waals surface area (Å²) < 4.78 is 35.2. The third-order valence-electron chi connectivity index (χ3n) is 1.30. The van der Waals surface area contributed by atoms with Gasteiger partial charge in [0.05, 0.1) is 11.8 Å². The number of rotatable bonds is 0. The molecule has 14 heavy (non-hydrogen) atoms. The molecule has 0 aromatic heterocycles. The van der Waals surface area contributed by atoms with Gasteiger partial charge in [0.25, 0.3) is 0 Å². The summed E-state index contributed by atoms with van der Waals surface area (Å²) in [6.45, 7) is 0. The fraction of sp³-hybridized carbons (Fsp3) is 0.111. The summed E-state index contributed by atoms with van der Waals surface area (Å²) >= 11 is 1.96. The molecule has 0 radical (unpaired) electrons. The first-order chi connectivity index (χ1) is 6.38. The molecule has 1 rings (SSSR count). The van der Waals surface area contributed by atoms with Gasteiger partial charge in [-0.05, 0) is 46.7 Å². The number of benzene rings is 1. The van der Waals surface area contributed by atoms with Crippen molar-refractivity contribution in [3.8, 4) is 11.2 Å². The lowest BCUT2D eigenvalue weighted by atomic mass is 10.2. The SMILES string of the molecule is CS(=O)(=O)C#Cc1ccc(I)cc1F. The Balaban J connectivity index is 3.15. The molecule has 0 saturated carbocycles. The summed E-state index contributed by atoms with van der Waals surface area (Å²) in [4.78, 5) is 0. The van der Waals surface area contributed by atoms with Crippen LogP contribution in [0.1, 0.15) is 5.56 Å². The van der Waals surface area contributed by atoms with Crippen LogP contribution in [0.2, 0.25) is 0 Å². The van der Waals surface area contributed by atoms with E-state index in [1.54, 1.807) is 6.07 Å². The number of halogens is 2. The second-order valence-corrected chi connectivity index (χ2v) is 5.62. The molecule has 5 heteroatoms. The van der Waals surface area contributed by atoms with Crippen LogP contribution in [0.25, 0.3) is 0 Å². The highest BCUT2D eigenvalue weighted by Gasteiger charge is 2.00. The number of hydrogen-bond acceptors (Lipinski definition) is 2.